The zero-order valence-corrected chi connectivity index (χ0v) is 3.81. The molecule has 5 heavy (non-hydrogen) atoms. The van der Waals surface area contributed by atoms with Crippen molar-refractivity contribution in [3.63, 3.8) is 0 Å². The van der Waals surface area contributed by atoms with Crippen LogP contribution in [0.3, 0.4) is 0 Å². The molecule has 0 heterocycles. The standard InChI is InChI=1S/C3H5O.Cu/c1-2-3-4;/h2-3H,1H3;. The Morgan fingerprint density at radius 1 is 2.00 bits per heavy atom. The molecule has 0 bridgehead atoms. The second-order valence-electron chi connectivity index (χ2n) is 0.744. The van der Waals surface area contributed by atoms with Crippen molar-refractivity contribution in [2.75, 3.05) is 0 Å². The first-order chi connectivity index (χ1) is 2.27. The molecule has 1 atom stereocenters. The second-order valence-corrected chi connectivity index (χ2v) is 1.60. The summed E-state index contributed by atoms with van der Waals surface area (Å²) in [5.41, 5.74) is 0. The molecular formula is C3H5CuO. The molecule has 0 radical (unpaired) electrons. The van der Waals surface area contributed by atoms with Gasteiger partial charge in [0, 0.05) is 0 Å². The van der Waals surface area contributed by atoms with Crippen molar-refractivity contribution in [2.45, 2.75) is 11.7 Å². The van der Waals surface area contributed by atoms with Gasteiger partial charge in [-0.25, -0.2) is 0 Å². The molecule has 0 saturated heterocycles. The predicted molar refractivity (Wildman–Crippen MR) is 15.5 cm³/mol. The molecule has 1 unspecified atom stereocenters. The first-order valence-electron chi connectivity index (χ1n) is 1.32. The second kappa shape index (κ2) is 2.43. The average molecular weight is 121 g/mol. The average Bonchev–Trinajstić information content (AvgIpc) is 1.38. The molecule has 2 heteroatoms. The molecule has 0 amide bonds. The van der Waals surface area contributed by atoms with E-state index in [1.165, 1.54) is 0 Å². The first kappa shape index (κ1) is 5.19. The maximum absolute atomic E-state index is 9.40. The fourth-order valence-corrected chi connectivity index (χ4v) is 0. The summed E-state index contributed by atoms with van der Waals surface area (Å²) in [6.45, 7) is 1.66. The third-order valence-electron chi connectivity index (χ3n) is 0.177. The van der Waals surface area contributed by atoms with E-state index in [-0.39, 0.29) is 4.82 Å². The van der Waals surface area contributed by atoms with Crippen molar-refractivity contribution in [1.29, 1.82) is 0 Å². The van der Waals surface area contributed by atoms with Gasteiger partial charge < -0.3 is 0 Å². The van der Waals surface area contributed by atoms with Gasteiger partial charge in [-0.05, 0) is 0 Å². The van der Waals surface area contributed by atoms with Gasteiger partial charge in [-0.1, -0.05) is 0 Å². The number of hydrogen-bond donors (Lipinski definition) is 0. The first-order valence-corrected chi connectivity index (χ1v) is 1.86. The van der Waals surface area contributed by atoms with E-state index in [9.17, 15) is 4.79 Å². The molecular weight excluding hydrogens is 116 g/mol. The number of hydrogen-bond acceptors (Lipinski definition) is 1. The van der Waals surface area contributed by atoms with Crippen molar-refractivity contribution in [3.05, 3.63) is 0 Å². The van der Waals surface area contributed by atoms with Crippen LogP contribution in [-0.4, -0.2) is 6.29 Å². The Hall–Kier alpha value is 0.189. The van der Waals surface area contributed by atoms with Gasteiger partial charge in [-0.3, -0.25) is 0 Å². The fourth-order valence-electron chi connectivity index (χ4n) is 0. The van der Waals surface area contributed by atoms with Crippen LogP contribution >= 0.6 is 0 Å². The molecule has 0 rings (SSSR count). The van der Waals surface area contributed by atoms with Crippen LogP contribution in [0.5, 0.6) is 0 Å². The Morgan fingerprint density at radius 2 is 2.20 bits per heavy atom. The zero-order valence-electron chi connectivity index (χ0n) is 2.86. The Labute approximate surface area is 39.6 Å². The molecule has 0 aliphatic heterocycles. The van der Waals surface area contributed by atoms with Gasteiger partial charge in [0.15, 0.2) is 0 Å². The molecule has 0 aromatic rings. The van der Waals surface area contributed by atoms with Gasteiger partial charge in [-0.15, -0.1) is 0 Å². The number of aldehydes is 1. The number of carbonyl (C=O) groups excluding carboxylic acids is 1. The van der Waals surface area contributed by atoms with Crippen LogP contribution in [0.15, 0.2) is 0 Å². The minimum atomic E-state index is -0.234. The van der Waals surface area contributed by atoms with E-state index in [4.69, 9.17) is 0 Å². The van der Waals surface area contributed by atoms with Crippen LogP contribution in [0.1, 0.15) is 6.92 Å². The molecule has 34 valence electrons. The van der Waals surface area contributed by atoms with Crippen LogP contribution in [0.25, 0.3) is 0 Å². The van der Waals surface area contributed by atoms with Gasteiger partial charge in [0.05, 0.1) is 0 Å². The van der Waals surface area contributed by atoms with Gasteiger partial charge in [0.2, 0.25) is 0 Å². The minimum absolute atomic E-state index is 0.234. The van der Waals surface area contributed by atoms with Crippen molar-refractivity contribution >= 4 is 6.29 Å². The summed E-state index contributed by atoms with van der Waals surface area (Å²) < 4.78 is 0. The van der Waals surface area contributed by atoms with Crippen LogP contribution < -0.4 is 0 Å². The molecule has 0 spiro atoms. The fraction of sp³-hybridized carbons (Fsp3) is 0.667. The molecule has 0 N–H and O–H groups in total. The van der Waals surface area contributed by atoms with Gasteiger partial charge >= 0.3 is 38.8 Å². The van der Waals surface area contributed by atoms with Gasteiger partial charge in [0.25, 0.3) is 0 Å². The van der Waals surface area contributed by atoms with E-state index in [1.807, 2.05) is 0 Å². The molecule has 0 fully saturated rings. The number of rotatable bonds is 1. The van der Waals surface area contributed by atoms with Crippen LogP contribution in [0.2, 0.25) is 4.82 Å². The summed E-state index contributed by atoms with van der Waals surface area (Å²) in [5, 5.41) is 0. The van der Waals surface area contributed by atoms with E-state index >= 15 is 0 Å². The van der Waals surface area contributed by atoms with E-state index in [1.54, 1.807) is 6.92 Å². The zero-order chi connectivity index (χ0) is 4.28. The maximum atomic E-state index is 9.40. The predicted octanol–water partition coefficient (Wildman–Crippen LogP) is 0.540. The quantitative estimate of drug-likeness (QED) is 0.365. The summed E-state index contributed by atoms with van der Waals surface area (Å²) in [6, 6.07) is 0. The van der Waals surface area contributed by atoms with Crippen molar-refractivity contribution in [1.82, 2.24) is 0 Å². The van der Waals surface area contributed by atoms with Crippen LogP contribution in [-0.2, 0) is 20.8 Å². The van der Waals surface area contributed by atoms with Gasteiger partial charge in [-0.2, -0.15) is 0 Å². The van der Waals surface area contributed by atoms with Gasteiger partial charge in [0.1, 0.15) is 0 Å². The summed E-state index contributed by atoms with van der Waals surface area (Å²) in [5.74, 6) is 0. The van der Waals surface area contributed by atoms with E-state index in [0.717, 1.165) is 6.29 Å². The molecule has 0 aliphatic carbocycles. The molecule has 0 aromatic carbocycles. The van der Waals surface area contributed by atoms with Crippen molar-refractivity contribution in [2.24, 2.45) is 0 Å². The summed E-state index contributed by atoms with van der Waals surface area (Å²) in [6.07, 6.45) is 0.722. The number of carbonyl (C=O) groups is 1. The topological polar surface area (TPSA) is 17.1 Å². The van der Waals surface area contributed by atoms with Crippen LogP contribution in [0.4, 0.5) is 0 Å². The van der Waals surface area contributed by atoms with E-state index < -0.39 is 0 Å². The molecule has 1 nitrogen and oxygen atoms in total. The SMILES string of the molecule is C[CH]([Cu])C=O. The van der Waals surface area contributed by atoms with Crippen molar-refractivity contribution < 1.29 is 20.8 Å². The third-order valence-corrected chi connectivity index (χ3v) is 0.305. The van der Waals surface area contributed by atoms with Crippen molar-refractivity contribution in [3.8, 4) is 0 Å². The summed E-state index contributed by atoms with van der Waals surface area (Å²) in [4.78, 5) is 9.16. The van der Waals surface area contributed by atoms with E-state index in [0.29, 0.717) is 0 Å². The summed E-state index contributed by atoms with van der Waals surface area (Å²) in [7, 11) is 0. The normalized spacial score (nSPS) is 14.2. The van der Waals surface area contributed by atoms with Crippen LogP contribution in [0, 0.1) is 0 Å². The molecule has 0 aliphatic rings. The third kappa shape index (κ3) is 4.19. The Kier molecular flexibility index (Phi) is 2.52. The van der Waals surface area contributed by atoms with E-state index in [2.05, 4.69) is 16.0 Å². The molecule has 0 aromatic heterocycles. The molecule has 0 saturated carbocycles. The Morgan fingerprint density at radius 3 is 2.20 bits per heavy atom. The monoisotopic (exact) mass is 120 g/mol. The summed E-state index contributed by atoms with van der Waals surface area (Å²) >= 11 is 4.54. The Bertz CT molecular complexity index is 33.9. The Balaban J connectivity index is 2.83.